The lowest BCUT2D eigenvalue weighted by Gasteiger charge is -2.32. The van der Waals surface area contributed by atoms with Gasteiger partial charge in [0.25, 0.3) is 0 Å². The molecule has 1 atom stereocenters. The molecule has 1 N–H and O–H groups in total. The van der Waals surface area contributed by atoms with Gasteiger partial charge in [0.2, 0.25) is 0 Å². The first-order valence-electron chi connectivity index (χ1n) is 7.08. The predicted molar refractivity (Wildman–Crippen MR) is 76.7 cm³/mol. The lowest BCUT2D eigenvalue weighted by Crippen LogP contribution is -2.46. The van der Waals surface area contributed by atoms with Crippen LogP contribution in [0, 0.1) is 0 Å². The third kappa shape index (κ3) is 4.20. The normalized spacial score (nSPS) is 19.5. The van der Waals surface area contributed by atoms with Crippen molar-refractivity contribution in [3.05, 3.63) is 31.0 Å². The highest BCUT2D eigenvalue weighted by Crippen LogP contribution is 2.07. The summed E-state index contributed by atoms with van der Waals surface area (Å²) >= 11 is 0. The van der Waals surface area contributed by atoms with E-state index in [9.17, 15) is 0 Å². The number of nitrogens with zero attached hydrogens (tertiary/aromatic N) is 6. The molecule has 0 aliphatic carbocycles. The summed E-state index contributed by atoms with van der Waals surface area (Å²) in [5, 5.41) is 15.2. The maximum atomic E-state index is 5.78. The number of ether oxygens (including phenoxy) is 1. The third-order valence-corrected chi connectivity index (χ3v) is 3.42. The molecule has 8 heteroatoms. The fourth-order valence-corrected chi connectivity index (χ4v) is 2.31. The monoisotopic (exact) mass is 289 g/mol. The van der Waals surface area contributed by atoms with Gasteiger partial charge in [-0.15, -0.1) is 5.10 Å². The molecule has 0 amide bonds. The van der Waals surface area contributed by atoms with E-state index >= 15 is 0 Å². The highest BCUT2D eigenvalue weighted by atomic mass is 16.5. The Morgan fingerprint density at radius 3 is 3.19 bits per heavy atom. The number of nitrogens with one attached hydrogen (secondary N) is 1. The number of anilines is 1. The second-order valence-corrected chi connectivity index (χ2v) is 4.94. The average Bonchev–Trinajstić information content (AvgIpc) is 3.06. The van der Waals surface area contributed by atoms with E-state index in [4.69, 9.17) is 4.74 Å². The Bertz CT molecular complexity index is 519. The van der Waals surface area contributed by atoms with Gasteiger partial charge in [0.1, 0.15) is 18.5 Å². The van der Waals surface area contributed by atoms with Gasteiger partial charge in [0.05, 0.1) is 19.3 Å². The fourth-order valence-electron chi connectivity index (χ4n) is 2.31. The summed E-state index contributed by atoms with van der Waals surface area (Å²) in [6, 6.07) is 3.76. The van der Waals surface area contributed by atoms with Gasteiger partial charge < -0.3 is 10.1 Å². The van der Waals surface area contributed by atoms with Crippen LogP contribution < -0.4 is 5.32 Å². The van der Waals surface area contributed by atoms with Crippen molar-refractivity contribution in [3.8, 4) is 0 Å². The van der Waals surface area contributed by atoms with Crippen LogP contribution in [0.2, 0.25) is 0 Å². The van der Waals surface area contributed by atoms with Crippen LogP contribution >= 0.6 is 0 Å². The first-order chi connectivity index (χ1) is 10.4. The Hall–Kier alpha value is -2.06. The minimum atomic E-state index is 0.163. The van der Waals surface area contributed by atoms with Crippen molar-refractivity contribution in [2.75, 3.05) is 38.1 Å². The Morgan fingerprint density at radius 1 is 1.38 bits per heavy atom. The van der Waals surface area contributed by atoms with E-state index in [0.29, 0.717) is 0 Å². The van der Waals surface area contributed by atoms with Crippen molar-refractivity contribution in [1.29, 1.82) is 0 Å². The smallest absolute Gasteiger partial charge is 0.148 e. The molecular formula is C13H19N7O. The van der Waals surface area contributed by atoms with Crippen LogP contribution in [-0.4, -0.2) is 68.8 Å². The Kier molecular flexibility index (Phi) is 4.70. The van der Waals surface area contributed by atoms with Gasteiger partial charge in [-0.25, -0.2) is 4.98 Å². The molecule has 2 aromatic heterocycles. The molecule has 1 saturated heterocycles. The Morgan fingerprint density at radius 2 is 2.38 bits per heavy atom. The summed E-state index contributed by atoms with van der Waals surface area (Å²) < 4.78 is 7.63. The molecule has 1 fully saturated rings. The van der Waals surface area contributed by atoms with E-state index in [1.54, 1.807) is 18.9 Å². The molecule has 0 bridgehead atoms. The summed E-state index contributed by atoms with van der Waals surface area (Å²) in [6.45, 7) is 5.15. The predicted octanol–water partition coefficient (Wildman–Crippen LogP) is -0.119. The molecular weight excluding hydrogens is 270 g/mol. The number of morpholine rings is 1. The van der Waals surface area contributed by atoms with Gasteiger partial charge in [0, 0.05) is 32.4 Å². The molecule has 8 nitrogen and oxygen atoms in total. The van der Waals surface area contributed by atoms with Gasteiger partial charge in [0.15, 0.2) is 0 Å². The molecule has 0 aromatic carbocycles. The Balaban J connectivity index is 1.42. The van der Waals surface area contributed by atoms with Gasteiger partial charge in [-0.05, 0) is 12.1 Å². The maximum absolute atomic E-state index is 5.78. The van der Waals surface area contributed by atoms with Crippen LogP contribution in [-0.2, 0) is 11.3 Å². The van der Waals surface area contributed by atoms with E-state index in [-0.39, 0.29) is 6.10 Å². The summed E-state index contributed by atoms with van der Waals surface area (Å²) in [7, 11) is 0. The topological polar surface area (TPSA) is 81.0 Å². The summed E-state index contributed by atoms with van der Waals surface area (Å²) in [4.78, 5) is 6.33. The first-order valence-corrected chi connectivity index (χ1v) is 7.08. The van der Waals surface area contributed by atoms with E-state index < -0.39 is 0 Å². The van der Waals surface area contributed by atoms with E-state index in [1.807, 2.05) is 16.8 Å². The van der Waals surface area contributed by atoms with Gasteiger partial charge in [-0.3, -0.25) is 9.58 Å². The van der Waals surface area contributed by atoms with Gasteiger partial charge in [-0.1, -0.05) is 0 Å². The third-order valence-electron chi connectivity index (χ3n) is 3.42. The SMILES string of the molecule is c1cnnc(NCC2CN(CCn3cncn3)CCO2)c1. The second kappa shape index (κ2) is 7.09. The van der Waals surface area contributed by atoms with Crippen molar-refractivity contribution in [3.63, 3.8) is 0 Å². The molecule has 0 spiro atoms. The quantitative estimate of drug-likeness (QED) is 0.794. The van der Waals surface area contributed by atoms with Crippen molar-refractivity contribution >= 4 is 5.82 Å². The van der Waals surface area contributed by atoms with Crippen LogP contribution in [0.4, 0.5) is 5.82 Å². The molecule has 0 radical (unpaired) electrons. The van der Waals surface area contributed by atoms with Crippen LogP contribution in [0.25, 0.3) is 0 Å². The molecule has 2 aromatic rings. The van der Waals surface area contributed by atoms with Crippen LogP contribution in [0.15, 0.2) is 31.0 Å². The van der Waals surface area contributed by atoms with E-state index in [1.165, 1.54) is 0 Å². The summed E-state index contributed by atoms with van der Waals surface area (Å²) in [6.07, 6.45) is 5.13. The zero-order valence-corrected chi connectivity index (χ0v) is 11.8. The first kappa shape index (κ1) is 13.9. The van der Waals surface area contributed by atoms with Crippen LogP contribution in [0.3, 0.4) is 0 Å². The molecule has 0 saturated carbocycles. The lowest BCUT2D eigenvalue weighted by molar-refractivity contribution is -0.0222. The number of aromatic nitrogens is 5. The lowest BCUT2D eigenvalue weighted by atomic mass is 10.2. The minimum Gasteiger partial charge on any atom is -0.374 e. The molecule has 1 unspecified atom stereocenters. The molecule has 1 aliphatic heterocycles. The van der Waals surface area contributed by atoms with Crippen molar-refractivity contribution < 1.29 is 4.74 Å². The van der Waals surface area contributed by atoms with Crippen LogP contribution in [0.1, 0.15) is 0 Å². The van der Waals surface area contributed by atoms with Crippen molar-refractivity contribution in [2.45, 2.75) is 12.6 Å². The zero-order chi connectivity index (χ0) is 14.3. The largest absolute Gasteiger partial charge is 0.374 e. The van der Waals surface area contributed by atoms with Gasteiger partial charge in [-0.2, -0.15) is 10.2 Å². The minimum absolute atomic E-state index is 0.163. The fraction of sp³-hybridized carbons (Fsp3) is 0.538. The molecule has 3 heterocycles. The molecule has 112 valence electrons. The second-order valence-electron chi connectivity index (χ2n) is 4.94. The van der Waals surface area contributed by atoms with Crippen molar-refractivity contribution in [1.82, 2.24) is 29.9 Å². The standard InChI is InChI=1S/C13H19N7O/c1-2-13(18-16-3-1)15-8-12-9-19(6-7-21-12)4-5-20-11-14-10-17-20/h1-3,10-12H,4-9H2,(H,15,18). The number of hydrogen-bond donors (Lipinski definition) is 1. The summed E-state index contributed by atoms with van der Waals surface area (Å²) in [5.41, 5.74) is 0. The highest BCUT2D eigenvalue weighted by molar-refractivity contribution is 5.31. The molecule has 21 heavy (non-hydrogen) atoms. The maximum Gasteiger partial charge on any atom is 0.148 e. The highest BCUT2D eigenvalue weighted by Gasteiger charge is 2.20. The van der Waals surface area contributed by atoms with E-state index in [2.05, 4.69) is 30.5 Å². The van der Waals surface area contributed by atoms with Crippen molar-refractivity contribution in [2.24, 2.45) is 0 Å². The molecule has 1 aliphatic rings. The van der Waals surface area contributed by atoms with E-state index in [0.717, 1.165) is 45.1 Å². The average molecular weight is 289 g/mol. The van der Waals surface area contributed by atoms with Gasteiger partial charge >= 0.3 is 0 Å². The number of hydrogen-bond acceptors (Lipinski definition) is 7. The van der Waals surface area contributed by atoms with Crippen LogP contribution in [0.5, 0.6) is 0 Å². The zero-order valence-electron chi connectivity index (χ0n) is 11.8. The molecule has 3 rings (SSSR count). The number of rotatable bonds is 6. The summed E-state index contributed by atoms with van der Waals surface area (Å²) in [5.74, 6) is 0.779. The Labute approximate surface area is 123 Å².